The van der Waals surface area contributed by atoms with E-state index in [9.17, 15) is 18.3 Å². The van der Waals surface area contributed by atoms with Gasteiger partial charge in [0.2, 0.25) is 10.0 Å². The van der Waals surface area contributed by atoms with Crippen molar-refractivity contribution in [2.75, 3.05) is 25.0 Å². The molecule has 2 fully saturated rings. The van der Waals surface area contributed by atoms with E-state index in [-0.39, 0.29) is 0 Å². The highest BCUT2D eigenvalue weighted by Crippen LogP contribution is 2.49. The van der Waals surface area contributed by atoms with Crippen LogP contribution in [0.4, 0.5) is 10.5 Å². The second kappa shape index (κ2) is 6.98. The van der Waals surface area contributed by atoms with Crippen molar-refractivity contribution in [2.24, 2.45) is 11.5 Å². The quantitative estimate of drug-likeness (QED) is 0.631. The molecule has 0 atom stereocenters. The number of hydrogen-bond donors (Lipinski definition) is 3. The highest BCUT2D eigenvalue weighted by atomic mass is 32.2. The maximum atomic E-state index is 13.3. The maximum Gasteiger partial charge on any atom is 0.411 e. The lowest BCUT2D eigenvalue weighted by atomic mass is 9.96. The van der Waals surface area contributed by atoms with Crippen molar-refractivity contribution < 1.29 is 18.3 Å². The Morgan fingerprint density at radius 2 is 1.64 bits per heavy atom. The van der Waals surface area contributed by atoms with Crippen LogP contribution in [0, 0.1) is 13.8 Å². The zero-order valence-electron chi connectivity index (χ0n) is 16.7. The highest BCUT2D eigenvalue weighted by molar-refractivity contribution is 7.90. The molecule has 0 radical (unpaired) electrons. The number of nitrogens with zero attached hydrogens (tertiary/aromatic N) is 2. The Balaban J connectivity index is 1.84. The summed E-state index contributed by atoms with van der Waals surface area (Å²) >= 11 is 0. The van der Waals surface area contributed by atoms with Crippen LogP contribution in [0.3, 0.4) is 0 Å². The zero-order chi connectivity index (χ0) is 20.9. The van der Waals surface area contributed by atoms with E-state index in [0.29, 0.717) is 50.9 Å². The number of anilines is 1. The van der Waals surface area contributed by atoms with Crippen LogP contribution in [0.15, 0.2) is 12.1 Å². The van der Waals surface area contributed by atoms with Crippen LogP contribution >= 0.6 is 0 Å². The fourth-order valence-electron chi connectivity index (χ4n) is 3.96. The van der Waals surface area contributed by atoms with Gasteiger partial charge in [-0.15, -0.1) is 0 Å². The summed E-state index contributed by atoms with van der Waals surface area (Å²) in [6.45, 7) is 4.53. The summed E-state index contributed by atoms with van der Waals surface area (Å²) < 4.78 is 27.4. The largest absolute Gasteiger partial charge is 0.465 e. The van der Waals surface area contributed by atoms with E-state index in [2.05, 4.69) is 0 Å². The van der Waals surface area contributed by atoms with Gasteiger partial charge in [-0.1, -0.05) is 0 Å². The molecule has 1 saturated heterocycles. The molecule has 1 aliphatic heterocycles. The zero-order valence-corrected chi connectivity index (χ0v) is 17.6. The maximum absolute atomic E-state index is 13.3. The molecule has 0 spiro atoms. The molecule has 3 rings (SSSR count). The van der Waals surface area contributed by atoms with Gasteiger partial charge in [0.15, 0.2) is 0 Å². The normalized spacial score (nSPS) is 21.3. The smallest absolute Gasteiger partial charge is 0.411 e. The van der Waals surface area contributed by atoms with Crippen molar-refractivity contribution in [2.45, 2.75) is 56.4 Å². The summed E-state index contributed by atoms with van der Waals surface area (Å²) in [5.41, 5.74) is 14.5. The van der Waals surface area contributed by atoms with Gasteiger partial charge in [-0.3, -0.25) is 4.90 Å². The van der Waals surface area contributed by atoms with Crippen molar-refractivity contribution in [3.05, 3.63) is 28.8 Å². The predicted octanol–water partition coefficient (Wildman–Crippen LogP) is 1.53. The number of amides is 1. The number of piperidine rings is 1. The highest BCUT2D eigenvalue weighted by Gasteiger charge is 2.57. The van der Waals surface area contributed by atoms with Crippen LogP contribution in [0.25, 0.3) is 0 Å². The SMILES string of the molecule is Cc1cc(N(C)C(=O)O)cc(C)c1CC1(S(=O)(=O)N2CCC(N)(N)CC2)CC1. The van der Waals surface area contributed by atoms with Gasteiger partial charge in [0.05, 0.1) is 10.4 Å². The predicted molar refractivity (Wildman–Crippen MR) is 109 cm³/mol. The second-order valence-corrected chi connectivity index (χ2v) is 10.7. The van der Waals surface area contributed by atoms with E-state index in [1.54, 1.807) is 16.4 Å². The van der Waals surface area contributed by atoms with Crippen molar-refractivity contribution in [3.63, 3.8) is 0 Å². The molecule has 156 valence electrons. The van der Waals surface area contributed by atoms with E-state index in [4.69, 9.17) is 11.5 Å². The van der Waals surface area contributed by atoms with Crippen LogP contribution < -0.4 is 16.4 Å². The lowest BCUT2D eigenvalue weighted by Gasteiger charge is -2.37. The molecule has 1 heterocycles. The fraction of sp³-hybridized carbons (Fsp3) is 0.632. The molecular formula is C19H30N4O4S. The molecule has 0 unspecified atom stereocenters. The first kappa shape index (κ1) is 21.0. The average molecular weight is 411 g/mol. The van der Waals surface area contributed by atoms with Gasteiger partial charge in [0.25, 0.3) is 0 Å². The summed E-state index contributed by atoms with van der Waals surface area (Å²) in [6, 6.07) is 3.61. The Bertz CT molecular complexity index is 860. The molecule has 1 aromatic rings. The Morgan fingerprint density at radius 1 is 1.14 bits per heavy atom. The minimum absolute atomic E-state index is 0.359. The minimum atomic E-state index is -3.45. The molecule has 1 saturated carbocycles. The van der Waals surface area contributed by atoms with Crippen molar-refractivity contribution in [3.8, 4) is 0 Å². The summed E-state index contributed by atoms with van der Waals surface area (Å²) in [4.78, 5) is 12.4. The number of hydrogen-bond acceptors (Lipinski definition) is 5. The molecule has 28 heavy (non-hydrogen) atoms. The first-order valence-corrected chi connectivity index (χ1v) is 11.0. The van der Waals surface area contributed by atoms with Crippen LogP contribution in [0.5, 0.6) is 0 Å². The average Bonchev–Trinajstić information content (AvgIpc) is 3.38. The molecule has 0 bridgehead atoms. The molecule has 1 aliphatic carbocycles. The van der Waals surface area contributed by atoms with Gasteiger partial charge in [-0.2, -0.15) is 0 Å². The number of sulfonamides is 1. The van der Waals surface area contributed by atoms with E-state index in [1.165, 1.54) is 7.05 Å². The van der Waals surface area contributed by atoms with E-state index in [1.807, 2.05) is 13.8 Å². The van der Waals surface area contributed by atoms with Crippen molar-refractivity contribution in [1.29, 1.82) is 0 Å². The molecule has 1 amide bonds. The van der Waals surface area contributed by atoms with E-state index >= 15 is 0 Å². The Hall–Kier alpha value is -1.68. The van der Waals surface area contributed by atoms with Gasteiger partial charge in [-0.25, -0.2) is 17.5 Å². The van der Waals surface area contributed by atoms with Crippen LogP contribution in [0.1, 0.15) is 42.4 Å². The summed E-state index contributed by atoms with van der Waals surface area (Å²) in [7, 11) is -1.96. The number of carbonyl (C=O) groups is 1. The second-order valence-electron chi connectivity index (χ2n) is 8.40. The minimum Gasteiger partial charge on any atom is -0.465 e. The molecule has 5 N–H and O–H groups in total. The van der Waals surface area contributed by atoms with Crippen LogP contribution in [-0.2, 0) is 16.4 Å². The monoisotopic (exact) mass is 410 g/mol. The number of benzene rings is 1. The topological polar surface area (TPSA) is 130 Å². The Kier molecular flexibility index (Phi) is 5.24. The summed E-state index contributed by atoms with van der Waals surface area (Å²) in [5.74, 6) is 0. The number of aryl methyl sites for hydroxylation is 2. The molecule has 9 heteroatoms. The van der Waals surface area contributed by atoms with Crippen LogP contribution in [0.2, 0.25) is 0 Å². The third-order valence-corrected chi connectivity index (χ3v) is 8.89. The van der Waals surface area contributed by atoms with E-state index in [0.717, 1.165) is 21.6 Å². The molecule has 2 aliphatic rings. The van der Waals surface area contributed by atoms with Crippen molar-refractivity contribution >= 4 is 21.8 Å². The third-order valence-electron chi connectivity index (χ3n) is 6.20. The molecule has 8 nitrogen and oxygen atoms in total. The van der Waals surface area contributed by atoms with Gasteiger partial charge in [0, 0.05) is 25.8 Å². The third kappa shape index (κ3) is 3.76. The number of nitrogens with two attached hydrogens (primary N) is 2. The summed E-state index contributed by atoms with van der Waals surface area (Å²) in [6.07, 6.45) is 1.59. The fourth-order valence-corrected chi connectivity index (χ4v) is 6.11. The lowest BCUT2D eigenvalue weighted by molar-refractivity contribution is 0.203. The number of rotatable bonds is 5. The first-order chi connectivity index (χ1) is 12.9. The molecule has 0 aromatic heterocycles. The van der Waals surface area contributed by atoms with Gasteiger partial charge < -0.3 is 16.6 Å². The van der Waals surface area contributed by atoms with Crippen LogP contribution in [-0.4, -0.2) is 54.5 Å². The van der Waals surface area contributed by atoms with Gasteiger partial charge >= 0.3 is 6.09 Å². The summed E-state index contributed by atoms with van der Waals surface area (Å²) in [5, 5.41) is 9.19. The molecular weight excluding hydrogens is 380 g/mol. The Labute approximate surface area is 166 Å². The number of carboxylic acid groups (broad SMARTS) is 1. The Morgan fingerprint density at radius 3 is 2.07 bits per heavy atom. The van der Waals surface area contributed by atoms with Crippen molar-refractivity contribution in [1.82, 2.24) is 4.31 Å². The van der Waals surface area contributed by atoms with Gasteiger partial charge in [0.1, 0.15) is 0 Å². The first-order valence-electron chi connectivity index (χ1n) is 9.53. The standard InChI is InChI=1S/C19H30N4O4S/c1-13-10-15(22(3)17(24)25)11-14(2)16(13)12-18(4-5-18)28(26,27)23-8-6-19(20,21)7-9-23/h10-11H,4-9,12,20-21H2,1-3H3,(H,24,25). The van der Waals surface area contributed by atoms with E-state index < -0.39 is 26.5 Å². The molecule has 1 aromatic carbocycles. The van der Waals surface area contributed by atoms with Gasteiger partial charge in [-0.05, 0) is 74.8 Å². The lowest BCUT2D eigenvalue weighted by Crippen LogP contribution is -2.58.